The Morgan fingerprint density at radius 1 is 1.05 bits per heavy atom. The van der Waals surface area contributed by atoms with Crippen molar-refractivity contribution in [3.05, 3.63) is 53.2 Å². The number of piperidine rings is 1. The summed E-state index contributed by atoms with van der Waals surface area (Å²) in [6.07, 6.45) is -0.0829. The summed E-state index contributed by atoms with van der Waals surface area (Å²) in [7, 11) is 0. The number of amides is 6. The number of alkyl halides is 3. The maximum absolute atomic E-state index is 13.6. The zero-order valence-corrected chi connectivity index (χ0v) is 35.3. The highest BCUT2D eigenvalue weighted by atomic mass is 35.5. The first-order valence-electron chi connectivity index (χ1n) is 19.5. The van der Waals surface area contributed by atoms with Crippen molar-refractivity contribution in [3.8, 4) is 6.07 Å². The number of urea groups is 1. The molecule has 1 saturated carbocycles. The second-order valence-corrected chi connectivity index (χ2v) is 17.4. The Labute approximate surface area is 352 Å². The van der Waals surface area contributed by atoms with E-state index in [9.17, 15) is 37.1 Å². The molecule has 6 rings (SSSR count). The van der Waals surface area contributed by atoms with E-state index in [0.717, 1.165) is 29.5 Å². The molecule has 3 aliphatic heterocycles. The van der Waals surface area contributed by atoms with Gasteiger partial charge in [0.15, 0.2) is 0 Å². The molecule has 1 aromatic carbocycles. The molecule has 0 spiro atoms. The molecule has 0 radical (unpaired) electrons. The van der Waals surface area contributed by atoms with Gasteiger partial charge in [0.2, 0.25) is 17.7 Å². The number of nitrogens with zero attached hydrogens (tertiary/aromatic N) is 6. The van der Waals surface area contributed by atoms with Gasteiger partial charge >= 0.3 is 12.2 Å². The number of imide groups is 2. The summed E-state index contributed by atoms with van der Waals surface area (Å²) >= 11 is 0.629. The number of nitrogens with one attached hydrogen (secondary N) is 2. The number of carbonyl (C=O) groups excluding carboxylic acids is 5. The highest BCUT2D eigenvalue weighted by Gasteiger charge is 2.55. The third kappa shape index (κ3) is 9.86. The van der Waals surface area contributed by atoms with Crippen LogP contribution < -0.4 is 10.6 Å². The molecule has 3 atom stereocenters. The normalized spacial score (nSPS) is 26.6. The summed E-state index contributed by atoms with van der Waals surface area (Å²) < 4.78 is 47.9. The predicted molar refractivity (Wildman–Crippen MR) is 214 cm³/mol. The maximum atomic E-state index is 13.6. The lowest BCUT2D eigenvalue weighted by molar-refractivity contribution is -0.138. The van der Waals surface area contributed by atoms with Crippen LogP contribution in [0.15, 0.2) is 41.4 Å². The highest BCUT2D eigenvalue weighted by Crippen LogP contribution is 2.42. The molecule has 4 fully saturated rings. The molecular weight excluding hydrogens is 813 g/mol. The van der Waals surface area contributed by atoms with Crippen molar-refractivity contribution in [3.63, 3.8) is 0 Å². The Balaban J connectivity index is 0.00000661. The second kappa shape index (κ2) is 18.1. The first-order chi connectivity index (χ1) is 27.3. The molecule has 19 heteroatoms. The topological polar surface area (TPSA) is 168 Å². The smallest absolute Gasteiger partial charge is 0.377 e. The summed E-state index contributed by atoms with van der Waals surface area (Å²) in [6.45, 7) is 12.1. The van der Waals surface area contributed by atoms with Gasteiger partial charge in [-0.25, -0.2) is 9.78 Å². The van der Waals surface area contributed by atoms with Crippen LogP contribution in [-0.2, 0) is 35.5 Å². The van der Waals surface area contributed by atoms with Gasteiger partial charge in [-0.3, -0.25) is 34.3 Å². The van der Waals surface area contributed by atoms with Crippen LogP contribution in [0.4, 0.5) is 23.8 Å². The van der Waals surface area contributed by atoms with E-state index in [4.69, 9.17) is 10.00 Å². The summed E-state index contributed by atoms with van der Waals surface area (Å²) in [4.78, 5) is 74.9. The van der Waals surface area contributed by atoms with Crippen molar-refractivity contribution in [2.45, 2.75) is 119 Å². The number of ether oxygens (including phenoxy) is 1. The van der Waals surface area contributed by atoms with Crippen molar-refractivity contribution < 1.29 is 41.9 Å². The van der Waals surface area contributed by atoms with Crippen LogP contribution in [0, 0.1) is 11.3 Å². The molecule has 0 bridgehead atoms. The molecule has 59 heavy (non-hydrogen) atoms. The average Bonchev–Trinajstić information content (AvgIpc) is 3.33. The number of nitriles is 1. The Kier molecular flexibility index (Phi) is 14.1. The molecule has 320 valence electrons. The largest absolute Gasteiger partial charge is 0.417 e. The maximum Gasteiger partial charge on any atom is 0.417 e. The fraction of sp³-hybridized carbons (Fsp3) is 0.575. The molecule has 2 aromatic rings. The number of carbonyl (C=O) groups is 5. The van der Waals surface area contributed by atoms with E-state index in [1.807, 2.05) is 0 Å². The number of halogens is 4. The van der Waals surface area contributed by atoms with Gasteiger partial charge in [-0.05, 0) is 115 Å². The molecule has 14 nitrogen and oxygen atoms in total. The van der Waals surface area contributed by atoms with E-state index in [1.165, 1.54) is 12.1 Å². The van der Waals surface area contributed by atoms with Crippen LogP contribution in [0.25, 0.3) is 0 Å². The molecule has 4 heterocycles. The number of pyridine rings is 1. The molecule has 1 aromatic heterocycles. The van der Waals surface area contributed by atoms with Crippen molar-refractivity contribution in [1.29, 1.82) is 5.26 Å². The summed E-state index contributed by atoms with van der Waals surface area (Å²) in [6, 6.07) is 7.41. The Morgan fingerprint density at radius 3 is 2.36 bits per heavy atom. The van der Waals surface area contributed by atoms with Gasteiger partial charge in [-0.15, -0.1) is 12.4 Å². The van der Waals surface area contributed by atoms with Crippen LogP contribution in [0.5, 0.6) is 0 Å². The van der Waals surface area contributed by atoms with Gasteiger partial charge < -0.3 is 15.0 Å². The number of anilines is 1. The molecule has 1 unspecified atom stereocenters. The molecule has 3 saturated heterocycles. The lowest BCUT2D eigenvalue weighted by Crippen LogP contribution is -2.58. The lowest BCUT2D eigenvalue weighted by Gasteiger charge is -2.44. The fourth-order valence-corrected chi connectivity index (χ4v) is 9.52. The minimum atomic E-state index is -4.77. The van der Waals surface area contributed by atoms with Crippen LogP contribution in [-0.4, -0.2) is 116 Å². The van der Waals surface area contributed by atoms with Gasteiger partial charge in [0, 0.05) is 55.3 Å². The first kappa shape index (κ1) is 45.8. The molecule has 4 aliphatic rings. The predicted octanol–water partition coefficient (Wildman–Crippen LogP) is 5.50. The molecule has 2 N–H and O–H groups in total. The molecule has 1 aliphatic carbocycles. The number of aromatic nitrogens is 1. The van der Waals surface area contributed by atoms with Gasteiger partial charge in [-0.2, -0.15) is 22.7 Å². The van der Waals surface area contributed by atoms with E-state index < -0.39 is 40.2 Å². The van der Waals surface area contributed by atoms with Crippen molar-refractivity contribution in [2.24, 2.45) is 0 Å². The standard InChI is InChI=1S/C40H49F3N8O6S.ClH/c1-24-21-48(22-25(2)49(24)23-34(53)46-32-18-27(13-15-45-32)39(5)14-12-33(52)47-35(39)54)16-17-57-29-9-7-28(8-10-29)50-37(56)51(36(55)38(50,3)4)58-30-11-6-26(20-44)31(19-30)40(41,42)43;/h6,11,13,15,18-19,24-25,28-29H,7-10,12,14,16-17,21-23H2,1-5H3,(H,45,46,53)(H,47,52,54);1H/t24-,25+,28?,29?,39?;. The van der Waals surface area contributed by atoms with E-state index >= 15 is 0 Å². The summed E-state index contributed by atoms with van der Waals surface area (Å²) in [5, 5.41) is 14.4. The SMILES string of the molecule is C[C@@H]1CN(CCOC2CCC(N3C(=O)N(Sc4ccc(C#N)c(C(F)(F)F)c4)C(=O)C3(C)C)CC2)C[C@H](C)N1CC(=O)Nc1cc(C2(C)CCC(=O)NC2=O)ccn1.Cl. The quantitative estimate of drug-likeness (QED) is 0.166. The third-order valence-electron chi connectivity index (χ3n) is 11.8. The zero-order valence-electron chi connectivity index (χ0n) is 33.6. The molecular formula is C40H50ClF3N8O6S. The zero-order chi connectivity index (χ0) is 42.2. The Bertz CT molecular complexity index is 1980. The van der Waals surface area contributed by atoms with Crippen molar-refractivity contribution in [2.75, 3.05) is 38.1 Å². The number of piperazine rings is 1. The van der Waals surface area contributed by atoms with E-state index in [2.05, 4.69) is 39.3 Å². The highest BCUT2D eigenvalue weighted by molar-refractivity contribution is 7.98. The van der Waals surface area contributed by atoms with Crippen LogP contribution in [0.2, 0.25) is 0 Å². The Morgan fingerprint density at radius 2 is 1.73 bits per heavy atom. The minimum Gasteiger partial charge on any atom is -0.377 e. The fourth-order valence-electron chi connectivity index (χ4n) is 8.53. The monoisotopic (exact) mass is 862 g/mol. The first-order valence-corrected chi connectivity index (χ1v) is 20.3. The number of rotatable bonds is 11. The van der Waals surface area contributed by atoms with Crippen molar-refractivity contribution in [1.82, 2.24) is 29.3 Å². The summed E-state index contributed by atoms with van der Waals surface area (Å²) in [5.74, 6) is -1.06. The summed E-state index contributed by atoms with van der Waals surface area (Å²) in [5.41, 5.74) is -3.08. The van der Waals surface area contributed by atoms with Crippen molar-refractivity contribution >= 4 is 59.8 Å². The third-order valence-corrected chi connectivity index (χ3v) is 12.8. The Hall–Kier alpha value is -4.28. The number of hydrogen-bond acceptors (Lipinski definition) is 11. The van der Waals surface area contributed by atoms with E-state index in [1.54, 1.807) is 44.0 Å². The van der Waals surface area contributed by atoms with Gasteiger partial charge in [-0.1, -0.05) is 0 Å². The minimum absolute atomic E-state index is 0. The average molecular weight is 863 g/mol. The van der Waals surface area contributed by atoms with Crippen LogP contribution >= 0.6 is 24.4 Å². The van der Waals surface area contributed by atoms with E-state index in [0.29, 0.717) is 68.6 Å². The molecule has 6 amide bonds. The van der Waals surface area contributed by atoms with Crippen LogP contribution in [0.3, 0.4) is 0 Å². The van der Waals surface area contributed by atoms with Gasteiger partial charge in [0.1, 0.15) is 11.4 Å². The van der Waals surface area contributed by atoms with E-state index in [-0.39, 0.29) is 72.2 Å². The van der Waals surface area contributed by atoms with Gasteiger partial charge in [0.25, 0.3) is 5.91 Å². The number of benzene rings is 1. The second-order valence-electron chi connectivity index (χ2n) is 16.3. The van der Waals surface area contributed by atoms with Crippen LogP contribution in [0.1, 0.15) is 89.8 Å². The lowest BCUT2D eigenvalue weighted by atomic mass is 9.76. The number of hydrogen-bond donors (Lipinski definition) is 2. The van der Waals surface area contributed by atoms with Gasteiger partial charge in [0.05, 0.1) is 41.9 Å².